The first-order valence-electron chi connectivity index (χ1n) is 6.53. The molecule has 1 aromatic heterocycles. The van der Waals surface area contributed by atoms with E-state index in [-0.39, 0.29) is 23.7 Å². The summed E-state index contributed by atoms with van der Waals surface area (Å²) in [4.78, 5) is 26.8. The highest BCUT2D eigenvalue weighted by Crippen LogP contribution is 2.25. The molecule has 2 heterocycles. The molecule has 0 radical (unpaired) electrons. The minimum atomic E-state index is -0.533. The molecule has 0 aliphatic carbocycles. The highest BCUT2D eigenvalue weighted by atomic mass is 19.1. The summed E-state index contributed by atoms with van der Waals surface area (Å²) >= 11 is 0. The molecule has 0 saturated carbocycles. The highest BCUT2D eigenvalue weighted by molar-refractivity contribution is 6.01. The van der Waals surface area contributed by atoms with Crippen LogP contribution >= 0.6 is 0 Å². The molecule has 1 aliphatic heterocycles. The van der Waals surface area contributed by atoms with Gasteiger partial charge in [0, 0.05) is 17.9 Å². The van der Waals surface area contributed by atoms with E-state index in [1.165, 1.54) is 12.3 Å². The van der Waals surface area contributed by atoms with Crippen molar-refractivity contribution in [2.45, 2.75) is 45.1 Å². The van der Waals surface area contributed by atoms with Gasteiger partial charge in [-0.2, -0.15) is 0 Å². The van der Waals surface area contributed by atoms with E-state index in [1.54, 1.807) is 0 Å². The van der Waals surface area contributed by atoms with Gasteiger partial charge in [0.2, 0.25) is 11.8 Å². The Hall–Kier alpha value is -1.98. The lowest BCUT2D eigenvalue weighted by Gasteiger charge is -2.23. The van der Waals surface area contributed by atoms with E-state index in [0.29, 0.717) is 17.8 Å². The molecule has 20 heavy (non-hydrogen) atoms. The summed E-state index contributed by atoms with van der Waals surface area (Å²) in [6.07, 6.45) is 2.18. The van der Waals surface area contributed by atoms with Crippen molar-refractivity contribution in [2.24, 2.45) is 0 Å². The predicted octanol–water partition coefficient (Wildman–Crippen LogP) is 1.74. The number of rotatable bonds is 2. The number of halogens is 1. The van der Waals surface area contributed by atoms with Crippen LogP contribution in [0.15, 0.2) is 12.3 Å². The molecule has 2 N–H and O–H groups in total. The van der Waals surface area contributed by atoms with Crippen LogP contribution in [-0.2, 0) is 15.0 Å². The van der Waals surface area contributed by atoms with Crippen LogP contribution in [0.25, 0.3) is 0 Å². The fraction of sp³-hybridized carbons (Fsp3) is 0.500. The molecule has 1 aromatic rings. The minimum absolute atomic E-state index is 0.277. The maximum absolute atomic E-state index is 14.0. The van der Waals surface area contributed by atoms with Crippen molar-refractivity contribution in [2.75, 3.05) is 5.32 Å². The van der Waals surface area contributed by atoms with E-state index < -0.39 is 11.9 Å². The first kappa shape index (κ1) is 14.4. The summed E-state index contributed by atoms with van der Waals surface area (Å²) in [5.41, 5.74) is 0.438. The van der Waals surface area contributed by atoms with E-state index in [0.717, 1.165) is 0 Å². The van der Waals surface area contributed by atoms with Gasteiger partial charge in [-0.15, -0.1) is 0 Å². The standard InChI is InChI=1S/C14H18FN3O2/c1-14(2,3)12-9(15)6-8(7-16-12)17-10-4-5-11(19)18-13(10)20/h6-7,10,17H,4-5H2,1-3H3,(H,18,19,20). The number of imide groups is 1. The molecule has 0 bridgehead atoms. The largest absolute Gasteiger partial charge is 0.372 e. The molecule has 5 nitrogen and oxygen atoms in total. The number of amides is 2. The van der Waals surface area contributed by atoms with E-state index in [2.05, 4.69) is 15.6 Å². The zero-order valence-electron chi connectivity index (χ0n) is 11.8. The van der Waals surface area contributed by atoms with E-state index in [4.69, 9.17) is 0 Å². The van der Waals surface area contributed by atoms with Crippen LogP contribution in [0.2, 0.25) is 0 Å². The number of pyridine rings is 1. The molecule has 0 spiro atoms. The summed E-state index contributed by atoms with van der Waals surface area (Å²) in [6.45, 7) is 5.64. The second kappa shape index (κ2) is 5.19. The Balaban J connectivity index is 2.13. The quantitative estimate of drug-likeness (QED) is 0.809. The molecule has 1 fully saturated rings. The van der Waals surface area contributed by atoms with Crippen molar-refractivity contribution >= 4 is 17.5 Å². The average molecular weight is 279 g/mol. The third-order valence-corrected chi connectivity index (χ3v) is 3.13. The lowest BCUT2D eigenvalue weighted by molar-refractivity contribution is -0.133. The van der Waals surface area contributed by atoms with Crippen molar-refractivity contribution in [1.82, 2.24) is 10.3 Å². The third kappa shape index (κ3) is 3.12. The molecule has 1 unspecified atom stereocenters. The van der Waals surface area contributed by atoms with Crippen LogP contribution in [0.4, 0.5) is 10.1 Å². The fourth-order valence-corrected chi connectivity index (χ4v) is 2.10. The SMILES string of the molecule is CC(C)(C)c1ncc(NC2CCC(=O)NC2=O)cc1F. The monoisotopic (exact) mass is 279 g/mol. The molecule has 108 valence electrons. The van der Waals surface area contributed by atoms with Gasteiger partial charge < -0.3 is 5.32 Å². The van der Waals surface area contributed by atoms with Crippen LogP contribution in [0.3, 0.4) is 0 Å². The second-order valence-electron chi connectivity index (χ2n) is 5.95. The number of nitrogens with zero attached hydrogens (tertiary/aromatic N) is 1. The second-order valence-corrected chi connectivity index (χ2v) is 5.95. The summed E-state index contributed by atoms with van der Waals surface area (Å²) in [5.74, 6) is -1.07. The molecular weight excluding hydrogens is 261 g/mol. The van der Waals surface area contributed by atoms with Gasteiger partial charge in [-0.3, -0.25) is 19.9 Å². The van der Waals surface area contributed by atoms with Crippen LogP contribution in [0, 0.1) is 5.82 Å². The van der Waals surface area contributed by atoms with Gasteiger partial charge in [0.15, 0.2) is 0 Å². The third-order valence-electron chi connectivity index (χ3n) is 3.13. The topological polar surface area (TPSA) is 71.1 Å². The zero-order chi connectivity index (χ0) is 14.9. The van der Waals surface area contributed by atoms with Gasteiger partial charge in [-0.25, -0.2) is 4.39 Å². The van der Waals surface area contributed by atoms with Gasteiger partial charge in [-0.05, 0) is 6.42 Å². The number of nitrogens with one attached hydrogen (secondary N) is 2. The molecular formula is C14H18FN3O2. The Labute approximate surface area is 117 Å². The normalized spacial score (nSPS) is 19.7. The van der Waals surface area contributed by atoms with E-state index in [9.17, 15) is 14.0 Å². The van der Waals surface area contributed by atoms with Gasteiger partial charge in [0.25, 0.3) is 0 Å². The van der Waals surface area contributed by atoms with Gasteiger partial charge in [-0.1, -0.05) is 20.8 Å². The highest BCUT2D eigenvalue weighted by Gasteiger charge is 2.27. The lowest BCUT2D eigenvalue weighted by Crippen LogP contribution is -2.47. The fourth-order valence-electron chi connectivity index (χ4n) is 2.10. The number of hydrogen-bond donors (Lipinski definition) is 2. The lowest BCUT2D eigenvalue weighted by atomic mass is 9.91. The number of carbonyl (C=O) groups excluding carboxylic acids is 2. The van der Waals surface area contributed by atoms with Crippen LogP contribution < -0.4 is 10.6 Å². The van der Waals surface area contributed by atoms with E-state index >= 15 is 0 Å². The maximum atomic E-state index is 14.0. The maximum Gasteiger partial charge on any atom is 0.249 e. The van der Waals surface area contributed by atoms with Crippen molar-refractivity contribution < 1.29 is 14.0 Å². The molecule has 2 amide bonds. The zero-order valence-corrected chi connectivity index (χ0v) is 11.8. The van der Waals surface area contributed by atoms with Crippen LogP contribution in [-0.4, -0.2) is 22.8 Å². The van der Waals surface area contributed by atoms with Gasteiger partial charge in [0.1, 0.15) is 11.9 Å². The predicted molar refractivity (Wildman–Crippen MR) is 72.7 cm³/mol. The summed E-state index contributed by atoms with van der Waals surface area (Å²) in [5, 5.41) is 5.15. The summed E-state index contributed by atoms with van der Waals surface area (Å²) < 4.78 is 14.0. The number of carbonyl (C=O) groups is 2. The molecule has 1 saturated heterocycles. The van der Waals surface area contributed by atoms with Crippen molar-refractivity contribution in [3.8, 4) is 0 Å². The Morgan fingerprint density at radius 3 is 2.65 bits per heavy atom. The molecule has 1 atom stereocenters. The first-order valence-corrected chi connectivity index (χ1v) is 6.53. The number of aromatic nitrogens is 1. The Bertz CT molecular complexity index is 552. The Morgan fingerprint density at radius 2 is 2.10 bits per heavy atom. The van der Waals surface area contributed by atoms with Crippen molar-refractivity contribution in [1.29, 1.82) is 0 Å². The van der Waals surface area contributed by atoms with Crippen LogP contribution in [0.1, 0.15) is 39.3 Å². The number of anilines is 1. The van der Waals surface area contributed by atoms with Crippen molar-refractivity contribution in [3.63, 3.8) is 0 Å². The molecule has 0 aromatic carbocycles. The minimum Gasteiger partial charge on any atom is -0.372 e. The van der Waals surface area contributed by atoms with Crippen molar-refractivity contribution in [3.05, 3.63) is 23.8 Å². The van der Waals surface area contributed by atoms with Gasteiger partial charge >= 0.3 is 0 Å². The Morgan fingerprint density at radius 1 is 1.40 bits per heavy atom. The smallest absolute Gasteiger partial charge is 0.249 e. The first-order chi connectivity index (χ1) is 9.27. The molecule has 2 rings (SSSR count). The van der Waals surface area contributed by atoms with E-state index in [1.807, 2.05) is 20.8 Å². The number of hydrogen-bond acceptors (Lipinski definition) is 4. The summed E-state index contributed by atoms with van der Waals surface area (Å²) in [6, 6.07) is 0.798. The summed E-state index contributed by atoms with van der Waals surface area (Å²) in [7, 11) is 0. The number of piperidine rings is 1. The molecule has 6 heteroatoms. The average Bonchev–Trinajstić information content (AvgIpc) is 2.31. The Kier molecular flexibility index (Phi) is 3.74. The van der Waals surface area contributed by atoms with Crippen LogP contribution in [0.5, 0.6) is 0 Å². The molecule has 1 aliphatic rings. The van der Waals surface area contributed by atoms with Gasteiger partial charge in [0.05, 0.1) is 17.6 Å².